The molecule has 2 aromatic rings. The number of rotatable bonds is 4. The van der Waals surface area contributed by atoms with Crippen LogP contribution in [0.15, 0.2) is 12.3 Å². The standard InChI is InChI=1S/C12H17IN4/c1-4-10-12(13)11(5-2)17(15-10)8-9-6-7-16(3)14-9/h6-7H,4-5,8H2,1-3H3. The number of aromatic nitrogens is 4. The van der Waals surface area contributed by atoms with E-state index < -0.39 is 0 Å². The van der Waals surface area contributed by atoms with E-state index in [1.807, 2.05) is 24.0 Å². The summed E-state index contributed by atoms with van der Waals surface area (Å²) in [4.78, 5) is 0. The summed E-state index contributed by atoms with van der Waals surface area (Å²) < 4.78 is 5.22. The molecular formula is C12H17IN4. The van der Waals surface area contributed by atoms with E-state index in [4.69, 9.17) is 0 Å². The monoisotopic (exact) mass is 344 g/mol. The molecule has 0 saturated heterocycles. The molecule has 0 N–H and O–H groups in total. The highest BCUT2D eigenvalue weighted by molar-refractivity contribution is 14.1. The minimum absolute atomic E-state index is 0.764. The van der Waals surface area contributed by atoms with Crippen LogP contribution in [0.2, 0.25) is 0 Å². The molecule has 0 saturated carbocycles. The molecule has 0 fully saturated rings. The fourth-order valence-electron chi connectivity index (χ4n) is 1.93. The summed E-state index contributed by atoms with van der Waals surface area (Å²) >= 11 is 2.40. The second-order valence-corrected chi connectivity index (χ2v) is 5.13. The van der Waals surface area contributed by atoms with Crippen LogP contribution in [0.3, 0.4) is 0 Å². The molecule has 2 rings (SSSR count). The fraction of sp³-hybridized carbons (Fsp3) is 0.500. The van der Waals surface area contributed by atoms with Crippen LogP contribution in [0, 0.1) is 3.57 Å². The molecule has 4 nitrogen and oxygen atoms in total. The molecule has 5 heteroatoms. The van der Waals surface area contributed by atoms with Crippen molar-refractivity contribution in [2.24, 2.45) is 7.05 Å². The van der Waals surface area contributed by atoms with Crippen molar-refractivity contribution >= 4 is 22.6 Å². The summed E-state index contributed by atoms with van der Waals surface area (Å²) in [5.41, 5.74) is 3.57. The quantitative estimate of drug-likeness (QED) is 0.799. The third-order valence-corrected chi connectivity index (χ3v) is 4.06. The number of hydrogen-bond donors (Lipinski definition) is 0. The van der Waals surface area contributed by atoms with E-state index in [0.29, 0.717) is 0 Å². The van der Waals surface area contributed by atoms with Gasteiger partial charge in [-0.15, -0.1) is 0 Å². The molecule has 0 aliphatic carbocycles. The Morgan fingerprint density at radius 3 is 2.53 bits per heavy atom. The Morgan fingerprint density at radius 2 is 2.00 bits per heavy atom. The highest BCUT2D eigenvalue weighted by Crippen LogP contribution is 2.19. The Labute approximate surface area is 115 Å². The normalized spacial score (nSPS) is 11.1. The Morgan fingerprint density at radius 1 is 1.24 bits per heavy atom. The Hall–Kier alpha value is -0.850. The molecule has 0 bridgehead atoms. The van der Waals surface area contributed by atoms with Gasteiger partial charge in [-0.25, -0.2) is 0 Å². The van der Waals surface area contributed by atoms with Gasteiger partial charge in [-0.1, -0.05) is 13.8 Å². The average Bonchev–Trinajstić information content (AvgIpc) is 2.83. The summed E-state index contributed by atoms with van der Waals surface area (Å²) in [5.74, 6) is 0. The molecule has 0 aromatic carbocycles. The minimum Gasteiger partial charge on any atom is -0.275 e. The molecule has 0 aliphatic heterocycles. The van der Waals surface area contributed by atoms with Crippen LogP contribution in [-0.2, 0) is 26.4 Å². The molecule has 0 amide bonds. The highest BCUT2D eigenvalue weighted by atomic mass is 127. The second kappa shape index (κ2) is 5.20. The van der Waals surface area contributed by atoms with Crippen LogP contribution in [0.4, 0.5) is 0 Å². The van der Waals surface area contributed by atoms with Gasteiger partial charge in [-0.3, -0.25) is 9.36 Å². The van der Waals surface area contributed by atoms with E-state index in [-0.39, 0.29) is 0 Å². The van der Waals surface area contributed by atoms with Crippen LogP contribution in [0.5, 0.6) is 0 Å². The van der Waals surface area contributed by atoms with Crippen molar-refractivity contribution in [3.63, 3.8) is 0 Å². The largest absolute Gasteiger partial charge is 0.275 e. The molecule has 2 heterocycles. The van der Waals surface area contributed by atoms with Crippen LogP contribution in [0.25, 0.3) is 0 Å². The van der Waals surface area contributed by atoms with E-state index in [9.17, 15) is 0 Å². The molecule has 17 heavy (non-hydrogen) atoms. The zero-order chi connectivity index (χ0) is 12.4. The van der Waals surface area contributed by atoms with Crippen molar-refractivity contribution in [3.05, 3.63) is 32.9 Å². The lowest BCUT2D eigenvalue weighted by Gasteiger charge is -2.03. The summed E-state index contributed by atoms with van der Waals surface area (Å²) in [6, 6.07) is 2.04. The highest BCUT2D eigenvalue weighted by Gasteiger charge is 2.13. The number of nitrogens with zero attached hydrogens (tertiary/aromatic N) is 4. The van der Waals surface area contributed by atoms with Gasteiger partial charge in [0.25, 0.3) is 0 Å². The summed E-state index contributed by atoms with van der Waals surface area (Å²) in [6.07, 6.45) is 3.97. The van der Waals surface area contributed by atoms with Crippen molar-refractivity contribution in [1.82, 2.24) is 19.6 Å². The average molecular weight is 344 g/mol. The van der Waals surface area contributed by atoms with Crippen molar-refractivity contribution in [2.45, 2.75) is 33.2 Å². The molecule has 0 spiro atoms. The summed E-state index contributed by atoms with van der Waals surface area (Å²) in [5, 5.41) is 9.06. The van der Waals surface area contributed by atoms with Gasteiger partial charge >= 0.3 is 0 Å². The molecule has 2 aromatic heterocycles. The molecule has 0 aliphatic rings. The zero-order valence-corrected chi connectivity index (χ0v) is 12.6. The lowest BCUT2D eigenvalue weighted by Crippen LogP contribution is -2.07. The summed E-state index contributed by atoms with van der Waals surface area (Å²) in [7, 11) is 1.94. The van der Waals surface area contributed by atoms with Crippen LogP contribution in [-0.4, -0.2) is 19.6 Å². The second-order valence-electron chi connectivity index (χ2n) is 4.05. The lowest BCUT2D eigenvalue weighted by molar-refractivity contribution is 0.616. The molecule has 0 unspecified atom stereocenters. The Kier molecular flexibility index (Phi) is 3.86. The lowest BCUT2D eigenvalue weighted by atomic mass is 10.2. The minimum atomic E-state index is 0.764. The van der Waals surface area contributed by atoms with E-state index >= 15 is 0 Å². The predicted molar refractivity (Wildman–Crippen MR) is 76.0 cm³/mol. The molecule has 92 valence electrons. The van der Waals surface area contributed by atoms with Gasteiger partial charge in [0, 0.05) is 13.2 Å². The maximum absolute atomic E-state index is 4.66. The van der Waals surface area contributed by atoms with Gasteiger partial charge in [0.15, 0.2) is 0 Å². The predicted octanol–water partition coefficient (Wildman–Crippen LogP) is 2.39. The first-order valence-electron chi connectivity index (χ1n) is 5.88. The third-order valence-electron chi connectivity index (χ3n) is 2.81. The molecular weight excluding hydrogens is 327 g/mol. The fourth-order valence-corrected chi connectivity index (χ4v) is 3.07. The van der Waals surface area contributed by atoms with Gasteiger partial charge in [0.2, 0.25) is 0 Å². The topological polar surface area (TPSA) is 35.6 Å². The van der Waals surface area contributed by atoms with Crippen LogP contribution >= 0.6 is 22.6 Å². The van der Waals surface area contributed by atoms with E-state index in [1.165, 1.54) is 15.0 Å². The maximum Gasteiger partial charge on any atom is 0.0853 e. The van der Waals surface area contributed by atoms with Gasteiger partial charge in [-0.05, 0) is 41.5 Å². The van der Waals surface area contributed by atoms with E-state index in [1.54, 1.807) is 0 Å². The van der Waals surface area contributed by atoms with E-state index in [2.05, 4.69) is 51.3 Å². The van der Waals surface area contributed by atoms with Crippen LogP contribution in [0.1, 0.15) is 30.9 Å². The molecule has 0 atom stereocenters. The number of hydrogen-bond acceptors (Lipinski definition) is 2. The van der Waals surface area contributed by atoms with Gasteiger partial charge in [-0.2, -0.15) is 10.2 Å². The SMILES string of the molecule is CCc1nn(Cc2ccn(C)n2)c(CC)c1I. The first-order valence-corrected chi connectivity index (χ1v) is 6.96. The molecule has 0 radical (unpaired) electrons. The third kappa shape index (κ3) is 2.53. The van der Waals surface area contributed by atoms with Crippen LogP contribution < -0.4 is 0 Å². The van der Waals surface area contributed by atoms with E-state index in [0.717, 1.165) is 25.1 Å². The summed E-state index contributed by atoms with van der Waals surface area (Å²) in [6.45, 7) is 5.09. The van der Waals surface area contributed by atoms with Crippen molar-refractivity contribution in [3.8, 4) is 0 Å². The zero-order valence-electron chi connectivity index (χ0n) is 10.4. The van der Waals surface area contributed by atoms with Gasteiger partial charge < -0.3 is 0 Å². The first-order chi connectivity index (χ1) is 8.15. The number of aryl methyl sites for hydroxylation is 2. The van der Waals surface area contributed by atoms with Crippen molar-refractivity contribution in [2.75, 3.05) is 0 Å². The maximum atomic E-state index is 4.66. The smallest absolute Gasteiger partial charge is 0.0853 e. The van der Waals surface area contributed by atoms with Gasteiger partial charge in [0.05, 0.1) is 27.2 Å². The van der Waals surface area contributed by atoms with Crippen molar-refractivity contribution < 1.29 is 0 Å². The van der Waals surface area contributed by atoms with Gasteiger partial charge in [0.1, 0.15) is 0 Å². The first kappa shape index (κ1) is 12.6. The Balaban J connectivity index is 2.32. The number of halogens is 1. The Bertz CT molecular complexity index is 513. The van der Waals surface area contributed by atoms with Crippen molar-refractivity contribution in [1.29, 1.82) is 0 Å².